The molecule has 0 aromatic rings. The predicted octanol–water partition coefficient (Wildman–Crippen LogP) is 15.6. The lowest BCUT2D eigenvalue weighted by Gasteiger charge is -2.19. The van der Waals surface area contributed by atoms with Gasteiger partial charge in [-0.15, -0.1) is 0 Å². The largest absolute Gasteiger partial charge is 0.472 e. The van der Waals surface area contributed by atoms with E-state index in [1.165, 1.54) is 173 Å². The first kappa shape index (κ1) is 55.8. The van der Waals surface area contributed by atoms with Crippen molar-refractivity contribution in [3.05, 3.63) is 12.2 Å². The number of hydrogen-bond donors (Lipinski definition) is 1. The van der Waals surface area contributed by atoms with E-state index in [9.17, 15) is 19.0 Å². The molecule has 0 aliphatic heterocycles. The molecule has 0 aromatic heterocycles. The number of rotatable bonds is 46. The molecule has 0 fully saturated rings. The van der Waals surface area contributed by atoms with Crippen LogP contribution in [0.15, 0.2) is 12.2 Å². The Labute approximate surface area is 352 Å². The fraction of sp³-hybridized carbons (Fsp3) is 0.917. The molecule has 0 bridgehead atoms. The highest BCUT2D eigenvalue weighted by Gasteiger charge is 2.24. The van der Waals surface area contributed by atoms with E-state index >= 15 is 0 Å². The Balaban J connectivity index is 3.85. The standard InChI is InChI=1S/C48H93O8P/c1-4-6-8-10-12-14-16-18-20-21-22-23-24-25-26-27-29-30-32-34-36-38-40-42-47(49)54-44-46(45-55-57(51,52)53-3)56-48(50)43-41-39-37-35-33-31-28-19-17-15-13-11-9-7-5-2/h19,28,46H,4-18,20-27,29-45H2,1-3H3,(H,51,52)/b28-19-. The van der Waals surface area contributed by atoms with Crippen LogP contribution in [0.2, 0.25) is 0 Å². The summed E-state index contributed by atoms with van der Waals surface area (Å²) in [6, 6.07) is 0. The SMILES string of the molecule is CCCCCCCC/C=C\CCCCCCCC(=O)OC(COC(=O)CCCCCCCCCCCCCCCCCCCCCCCCC)COP(=O)(O)OC. The van der Waals surface area contributed by atoms with Gasteiger partial charge < -0.3 is 14.4 Å². The van der Waals surface area contributed by atoms with Gasteiger partial charge in [0.2, 0.25) is 0 Å². The van der Waals surface area contributed by atoms with Gasteiger partial charge in [0.15, 0.2) is 6.10 Å². The summed E-state index contributed by atoms with van der Waals surface area (Å²) in [4.78, 5) is 34.6. The minimum Gasteiger partial charge on any atom is -0.462 e. The summed E-state index contributed by atoms with van der Waals surface area (Å²) in [5.41, 5.74) is 0. The van der Waals surface area contributed by atoms with Gasteiger partial charge in [-0.3, -0.25) is 18.6 Å². The van der Waals surface area contributed by atoms with E-state index in [-0.39, 0.29) is 19.0 Å². The van der Waals surface area contributed by atoms with Gasteiger partial charge in [-0.2, -0.15) is 0 Å². The van der Waals surface area contributed by atoms with E-state index in [2.05, 4.69) is 30.5 Å². The van der Waals surface area contributed by atoms with Gasteiger partial charge in [-0.1, -0.05) is 219 Å². The van der Waals surface area contributed by atoms with E-state index in [1.807, 2.05) is 0 Å². The minimum absolute atomic E-state index is 0.222. The smallest absolute Gasteiger partial charge is 0.462 e. The van der Waals surface area contributed by atoms with E-state index in [1.54, 1.807) is 0 Å². The molecule has 0 aromatic carbocycles. The molecule has 0 aliphatic carbocycles. The molecule has 0 spiro atoms. The van der Waals surface area contributed by atoms with E-state index in [0.717, 1.165) is 58.5 Å². The molecule has 2 unspecified atom stereocenters. The average Bonchev–Trinajstić information content (AvgIpc) is 3.20. The first-order valence-corrected chi connectivity index (χ1v) is 25.9. The van der Waals surface area contributed by atoms with E-state index < -0.39 is 26.5 Å². The number of allylic oxidation sites excluding steroid dienone is 2. The van der Waals surface area contributed by atoms with E-state index in [4.69, 9.17) is 14.0 Å². The Hall–Kier alpha value is -1.21. The highest BCUT2D eigenvalue weighted by Crippen LogP contribution is 2.42. The first-order chi connectivity index (χ1) is 27.8. The summed E-state index contributed by atoms with van der Waals surface area (Å²) >= 11 is 0. The second-order valence-corrected chi connectivity index (χ2v) is 18.2. The van der Waals surface area contributed by atoms with Gasteiger partial charge in [-0.25, -0.2) is 4.57 Å². The van der Waals surface area contributed by atoms with Crippen molar-refractivity contribution in [3.8, 4) is 0 Å². The van der Waals surface area contributed by atoms with Crippen molar-refractivity contribution in [2.24, 2.45) is 0 Å². The van der Waals surface area contributed by atoms with Crippen LogP contribution in [-0.2, 0) is 32.7 Å². The van der Waals surface area contributed by atoms with Crippen LogP contribution >= 0.6 is 7.82 Å². The first-order valence-electron chi connectivity index (χ1n) is 24.4. The predicted molar refractivity (Wildman–Crippen MR) is 240 cm³/mol. The van der Waals surface area contributed by atoms with Crippen LogP contribution in [0.3, 0.4) is 0 Å². The minimum atomic E-state index is -4.26. The molecule has 8 nitrogen and oxygen atoms in total. The topological polar surface area (TPSA) is 108 Å². The van der Waals surface area contributed by atoms with Crippen LogP contribution in [0.5, 0.6) is 0 Å². The monoisotopic (exact) mass is 829 g/mol. The van der Waals surface area contributed by atoms with E-state index in [0.29, 0.717) is 12.8 Å². The Morgan fingerprint density at radius 2 is 0.789 bits per heavy atom. The Morgan fingerprint density at radius 1 is 0.474 bits per heavy atom. The van der Waals surface area contributed by atoms with Crippen molar-refractivity contribution >= 4 is 19.8 Å². The van der Waals surface area contributed by atoms with Crippen molar-refractivity contribution in [3.63, 3.8) is 0 Å². The summed E-state index contributed by atoms with van der Waals surface area (Å²) in [5.74, 6) is -0.798. The molecule has 0 amide bonds. The second kappa shape index (κ2) is 44.3. The molecular formula is C48H93O8P. The Bertz CT molecular complexity index is 941. The second-order valence-electron chi connectivity index (χ2n) is 16.6. The number of ether oxygens (including phenoxy) is 2. The normalized spacial score (nSPS) is 13.3. The highest BCUT2D eigenvalue weighted by molar-refractivity contribution is 7.47. The van der Waals surface area contributed by atoms with Crippen LogP contribution < -0.4 is 0 Å². The summed E-state index contributed by atoms with van der Waals surface area (Å²) in [7, 11) is -3.20. The fourth-order valence-corrected chi connectivity index (χ4v) is 7.70. The maximum absolute atomic E-state index is 12.5. The van der Waals surface area contributed by atoms with Gasteiger partial charge in [0.05, 0.1) is 6.61 Å². The van der Waals surface area contributed by atoms with Crippen molar-refractivity contribution in [2.75, 3.05) is 20.3 Å². The fourth-order valence-electron chi connectivity index (χ4n) is 7.24. The molecule has 0 saturated heterocycles. The number of carbonyl (C=O) groups excluding carboxylic acids is 2. The van der Waals surface area contributed by atoms with Crippen molar-refractivity contribution in [1.82, 2.24) is 0 Å². The zero-order chi connectivity index (χ0) is 41.8. The Kier molecular flexibility index (Phi) is 43.4. The summed E-state index contributed by atoms with van der Waals surface area (Å²) < 4.78 is 32.1. The van der Waals surface area contributed by atoms with Gasteiger partial charge in [-0.05, 0) is 38.5 Å². The zero-order valence-electron chi connectivity index (χ0n) is 37.8. The highest BCUT2D eigenvalue weighted by atomic mass is 31.2. The van der Waals surface area contributed by atoms with Crippen LogP contribution in [-0.4, -0.2) is 43.3 Å². The molecular weight excluding hydrogens is 735 g/mol. The lowest BCUT2D eigenvalue weighted by atomic mass is 10.0. The van der Waals surface area contributed by atoms with Crippen LogP contribution in [0.1, 0.15) is 258 Å². The quantitative estimate of drug-likeness (QED) is 0.0280. The third-order valence-corrected chi connectivity index (χ3v) is 11.9. The molecule has 338 valence electrons. The molecule has 2 atom stereocenters. The zero-order valence-corrected chi connectivity index (χ0v) is 38.7. The lowest BCUT2D eigenvalue weighted by molar-refractivity contribution is -0.161. The van der Waals surface area contributed by atoms with Gasteiger partial charge in [0.25, 0.3) is 0 Å². The molecule has 0 radical (unpaired) electrons. The summed E-state index contributed by atoms with van der Waals surface area (Å²) in [6.07, 6.45) is 49.9. The van der Waals surface area contributed by atoms with Crippen molar-refractivity contribution < 1.29 is 37.6 Å². The number of phosphoric ester groups is 1. The van der Waals surface area contributed by atoms with Crippen LogP contribution in [0.25, 0.3) is 0 Å². The molecule has 1 N–H and O–H groups in total. The average molecular weight is 829 g/mol. The number of hydrogen-bond acceptors (Lipinski definition) is 7. The molecule has 0 heterocycles. The summed E-state index contributed by atoms with van der Waals surface area (Å²) in [5, 5.41) is 0. The summed E-state index contributed by atoms with van der Waals surface area (Å²) in [6.45, 7) is 3.92. The molecule has 9 heteroatoms. The lowest BCUT2D eigenvalue weighted by Crippen LogP contribution is -2.29. The number of unbranched alkanes of at least 4 members (excludes halogenated alkanes) is 33. The van der Waals surface area contributed by atoms with Crippen molar-refractivity contribution in [1.29, 1.82) is 0 Å². The van der Waals surface area contributed by atoms with Gasteiger partial charge >= 0.3 is 19.8 Å². The number of phosphoric acid groups is 1. The Morgan fingerprint density at radius 3 is 1.14 bits per heavy atom. The van der Waals surface area contributed by atoms with Gasteiger partial charge in [0.1, 0.15) is 6.61 Å². The van der Waals surface area contributed by atoms with Crippen LogP contribution in [0, 0.1) is 0 Å². The maximum Gasteiger partial charge on any atom is 0.472 e. The molecule has 0 saturated carbocycles. The molecule has 0 rings (SSSR count). The molecule has 57 heavy (non-hydrogen) atoms. The van der Waals surface area contributed by atoms with Crippen LogP contribution in [0.4, 0.5) is 0 Å². The van der Waals surface area contributed by atoms with Crippen molar-refractivity contribution in [2.45, 2.75) is 264 Å². The molecule has 0 aliphatic rings. The third kappa shape index (κ3) is 44.2. The number of carbonyl (C=O) groups is 2. The van der Waals surface area contributed by atoms with Gasteiger partial charge in [0, 0.05) is 20.0 Å². The number of esters is 2. The maximum atomic E-state index is 12.5. The third-order valence-electron chi connectivity index (χ3n) is 11.0.